The fourth-order valence-corrected chi connectivity index (χ4v) is 1.23. The van der Waals surface area contributed by atoms with Crippen molar-refractivity contribution in [2.24, 2.45) is 0 Å². The van der Waals surface area contributed by atoms with E-state index < -0.39 is 34.9 Å². The van der Waals surface area contributed by atoms with Gasteiger partial charge in [-0.05, 0) is 12.1 Å². The third-order valence-corrected chi connectivity index (χ3v) is 1.80. The van der Waals surface area contributed by atoms with Crippen molar-refractivity contribution in [1.29, 1.82) is 0 Å². The Morgan fingerprint density at radius 2 is 1.75 bits per heavy atom. The van der Waals surface area contributed by atoms with Crippen LogP contribution in [0.15, 0.2) is 12.1 Å². The lowest BCUT2D eigenvalue weighted by Crippen LogP contribution is -2.12. The number of benzene rings is 1. The summed E-state index contributed by atoms with van der Waals surface area (Å²) in [5, 5.41) is -0.868. The molecule has 90 valence electrons. The average Bonchev–Trinajstić information content (AvgIpc) is 2.06. The second kappa shape index (κ2) is 4.40. The van der Waals surface area contributed by atoms with Gasteiger partial charge in [0.15, 0.2) is 5.75 Å². The van der Waals surface area contributed by atoms with Crippen LogP contribution in [-0.4, -0.2) is 6.61 Å². The number of halogens is 7. The largest absolute Gasteiger partial charge is 0.433 e. The van der Waals surface area contributed by atoms with Gasteiger partial charge in [0.25, 0.3) is 0 Å². The Morgan fingerprint density at radius 1 is 1.19 bits per heavy atom. The summed E-state index contributed by atoms with van der Waals surface area (Å²) in [6.45, 7) is -3.48. The van der Waals surface area contributed by atoms with Gasteiger partial charge in [-0.25, -0.2) is 4.39 Å². The zero-order valence-electron chi connectivity index (χ0n) is 7.29. The first-order valence-corrected chi connectivity index (χ1v) is 4.10. The number of ether oxygens (including phenoxy) is 1. The Kier molecular flexibility index (Phi) is 3.57. The van der Waals surface area contributed by atoms with Crippen molar-refractivity contribution in [1.82, 2.24) is 0 Å². The Morgan fingerprint density at radius 3 is 2.19 bits per heavy atom. The maximum atomic E-state index is 12.6. The molecule has 0 aliphatic heterocycles. The molecule has 8 heteroatoms. The average molecular weight is 265 g/mol. The molecular weight excluding hydrogens is 262 g/mol. The number of hydrogen-bond acceptors (Lipinski definition) is 1. The molecule has 1 aromatic carbocycles. The summed E-state index contributed by atoms with van der Waals surface area (Å²) in [7, 11) is 0. The maximum Gasteiger partial charge on any atom is 0.420 e. The van der Waals surface area contributed by atoms with Gasteiger partial charge in [-0.2, -0.15) is 22.0 Å². The number of alkyl halides is 5. The van der Waals surface area contributed by atoms with E-state index >= 15 is 0 Å². The molecule has 0 radical (unpaired) electrons. The highest BCUT2D eigenvalue weighted by Gasteiger charge is 2.37. The van der Waals surface area contributed by atoms with Crippen LogP contribution < -0.4 is 4.74 Å². The zero-order valence-corrected chi connectivity index (χ0v) is 8.04. The Balaban J connectivity index is 3.33. The molecule has 0 unspecified atom stereocenters. The van der Waals surface area contributed by atoms with E-state index in [0.717, 1.165) is 0 Å². The van der Waals surface area contributed by atoms with Gasteiger partial charge in [0.1, 0.15) is 11.4 Å². The molecule has 16 heavy (non-hydrogen) atoms. The van der Waals surface area contributed by atoms with Gasteiger partial charge < -0.3 is 4.74 Å². The van der Waals surface area contributed by atoms with Crippen LogP contribution in [0.1, 0.15) is 5.56 Å². The molecule has 1 aromatic rings. The molecule has 0 heterocycles. The van der Waals surface area contributed by atoms with E-state index in [4.69, 9.17) is 11.6 Å². The van der Waals surface area contributed by atoms with Crippen molar-refractivity contribution in [3.8, 4) is 5.75 Å². The summed E-state index contributed by atoms with van der Waals surface area (Å²) < 4.78 is 76.8. The summed E-state index contributed by atoms with van der Waals surface area (Å²) in [4.78, 5) is 0. The van der Waals surface area contributed by atoms with Crippen LogP contribution in [0.5, 0.6) is 5.75 Å². The molecule has 0 amide bonds. The minimum atomic E-state index is -5.03. The highest BCUT2D eigenvalue weighted by atomic mass is 35.5. The molecule has 0 spiro atoms. The molecule has 0 bridgehead atoms. The lowest BCUT2D eigenvalue weighted by atomic mass is 10.2. The third-order valence-electron chi connectivity index (χ3n) is 1.52. The lowest BCUT2D eigenvalue weighted by Gasteiger charge is -2.14. The van der Waals surface area contributed by atoms with Gasteiger partial charge in [0.05, 0.1) is 5.02 Å². The van der Waals surface area contributed by atoms with Gasteiger partial charge in [-0.15, -0.1) is 0 Å². The highest BCUT2D eigenvalue weighted by Crippen LogP contribution is 2.41. The van der Waals surface area contributed by atoms with Crippen LogP contribution in [0.2, 0.25) is 5.02 Å². The van der Waals surface area contributed by atoms with E-state index in [2.05, 4.69) is 4.74 Å². The summed E-state index contributed by atoms with van der Waals surface area (Å²) in [5.74, 6) is -2.58. The van der Waals surface area contributed by atoms with Gasteiger partial charge in [-0.1, -0.05) is 11.6 Å². The van der Waals surface area contributed by atoms with Crippen LogP contribution in [0.25, 0.3) is 0 Å². The molecular formula is C8H3ClF6O. The van der Waals surface area contributed by atoms with Crippen LogP contribution in [-0.2, 0) is 6.18 Å². The number of rotatable bonds is 2. The minimum Gasteiger partial charge on any atom is -0.433 e. The van der Waals surface area contributed by atoms with Gasteiger partial charge >= 0.3 is 12.8 Å². The molecule has 0 aliphatic rings. The Bertz CT molecular complexity index is 389. The molecule has 0 saturated heterocycles. The van der Waals surface area contributed by atoms with Crippen molar-refractivity contribution in [2.75, 3.05) is 0 Å². The second-order valence-corrected chi connectivity index (χ2v) is 3.05. The summed E-state index contributed by atoms with van der Waals surface area (Å²) in [6.07, 6.45) is -5.03. The first kappa shape index (κ1) is 13.0. The van der Waals surface area contributed by atoms with Crippen molar-refractivity contribution in [2.45, 2.75) is 12.8 Å². The normalized spacial score (nSPS) is 12.0. The SMILES string of the molecule is Fc1cc(Cl)c(OC(F)F)c(C(F)(F)F)c1. The maximum absolute atomic E-state index is 12.6. The molecule has 0 saturated carbocycles. The fourth-order valence-electron chi connectivity index (χ4n) is 0.980. The van der Waals surface area contributed by atoms with Gasteiger partial charge in [-0.3, -0.25) is 0 Å². The first-order valence-electron chi connectivity index (χ1n) is 3.73. The van der Waals surface area contributed by atoms with E-state index in [9.17, 15) is 26.3 Å². The van der Waals surface area contributed by atoms with E-state index in [1.54, 1.807) is 0 Å². The van der Waals surface area contributed by atoms with E-state index in [0.29, 0.717) is 6.07 Å². The van der Waals surface area contributed by atoms with Crippen molar-refractivity contribution >= 4 is 11.6 Å². The lowest BCUT2D eigenvalue weighted by molar-refractivity contribution is -0.142. The molecule has 0 N–H and O–H groups in total. The topological polar surface area (TPSA) is 9.23 Å². The zero-order chi connectivity index (χ0) is 12.5. The van der Waals surface area contributed by atoms with Crippen molar-refractivity contribution in [3.05, 3.63) is 28.5 Å². The molecule has 0 fully saturated rings. The predicted octanol–water partition coefficient (Wildman–Crippen LogP) is 4.10. The fraction of sp³-hybridized carbons (Fsp3) is 0.250. The second-order valence-electron chi connectivity index (χ2n) is 2.64. The molecule has 1 nitrogen and oxygen atoms in total. The summed E-state index contributed by atoms with van der Waals surface area (Å²) in [5.41, 5.74) is -1.68. The Hall–Kier alpha value is -1.11. The molecule has 0 aliphatic carbocycles. The third kappa shape index (κ3) is 2.94. The summed E-state index contributed by atoms with van der Waals surface area (Å²) in [6, 6.07) is 0.484. The monoisotopic (exact) mass is 264 g/mol. The van der Waals surface area contributed by atoms with Crippen LogP contribution in [0.4, 0.5) is 26.3 Å². The van der Waals surface area contributed by atoms with Crippen LogP contribution in [0.3, 0.4) is 0 Å². The van der Waals surface area contributed by atoms with E-state index in [1.165, 1.54) is 0 Å². The van der Waals surface area contributed by atoms with Crippen molar-refractivity contribution in [3.63, 3.8) is 0 Å². The van der Waals surface area contributed by atoms with Crippen LogP contribution in [0, 0.1) is 5.82 Å². The first-order chi connectivity index (χ1) is 7.21. The van der Waals surface area contributed by atoms with Crippen LogP contribution >= 0.6 is 11.6 Å². The molecule has 0 aromatic heterocycles. The molecule has 1 rings (SSSR count). The molecule has 0 atom stereocenters. The number of hydrogen-bond donors (Lipinski definition) is 0. The van der Waals surface area contributed by atoms with Gasteiger partial charge in [0, 0.05) is 0 Å². The summed E-state index contributed by atoms with van der Waals surface area (Å²) >= 11 is 5.19. The standard InChI is InChI=1S/C8H3ClF6O/c9-5-2-3(10)1-4(8(13,14)15)6(5)16-7(11)12/h1-2,7H. The smallest absolute Gasteiger partial charge is 0.420 e. The highest BCUT2D eigenvalue weighted by molar-refractivity contribution is 6.32. The van der Waals surface area contributed by atoms with Gasteiger partial charge in [0.2, 0.25) is 0 Å². The Labute approximate surface area is 90.6 Å². The van der Waals surface area contributed by atoms with E-state index in [-0.39, 0.29) is 6.07 Å². The quantitative estimate of drug-likeness (QED) is 0.731. The van der Waals surface area contributed by atoms with Crippen molar-refractivity contribution < 1.29 is 31.1 Å². The minimum absolute atomic E-state index is 0.0313. The predicted molar refractivity (Wildman–Crippen MR) is 43.0 cm³/mol. The van der Waals surface area contributed by atoms with E-state index in [1.807, 2.05) is 0 Å².